The summed E-state index contributed by atoms with van der Waals surface area (Å²) in [4.78, 5) is 13.1. The van der Waals surface area contributed by atoms with Gasteiger partial charge in [-0.3, -0.25) is 4.79 Å². The molecule has 0 aliphatic carbocycles. The first-order valence-electron chi connectivity index (χ1n) is 6.12. The van der Waals surface area contributed by atoms with Crippen molar-refractivity contribution in [2.45, 2.75) is 25.8 Å². The van der Waals surface area contributed by atoms with E-state index in [4.69, 9.17) is 11.5 Å². The standard InChI is InChI=1S/C13H20FN3O/c1-2-11(13(16)18)17(9-5-8-15)12-7-4-3-6-10(12)14/h3-4,6-7,11H,2,5,8-9,15H2,1H3,(H2,16,18). The molecule has 1 rings (SSSR count). The van der Waals surface area contributed by atoms with Crippen molar-refractivity contribution in [3.05, 3.63) is 30.1 Å². The second kappa shape index (κ2) is 6.96. The van der Waals surface area contributed by atoms with Gasteiger partial charge in [0.25, 0.3) is 0 Å². The highest BCUT2D eigenvalue weighted by molar-refractivity contribution is 5.83. The Morgan fingerprint density at radius 2 is 2.11 bits per heavy atom. The van der Waals surface area contributed by atoms with Crippen LogP contribution in [0.1, 0.15) is 19.8 Å². The maximum Gasteiger partial charge on any atom is 0.240 e. The number of hydrogen-bond acceptors (Lipinski definition) is 3. The van der Waals surface area contributed by atoms with Crippen molar-refractivity contribution < 1.29 is 9.18 Å². The molecule has 0 fully saturated rings. The molecule has 18 heavy (non-hydrogen) atoms. The summed E-state index contributed by atoms with van der Waals surface area (Å²) in [6.45, 7) is 2.85. The number of hydrogen-bond donors (Lipinski definition) is 2. The van der Waals surface area contributed by atoms with Crippen LogP contribution in [0.15, 0.2) is 24.3 Å². The highest BCUT2D eigenvalue weighted by atomic mass is 19.1. The maximum atomic E-state index is 13.8. The molecule has 0 bridgehead atoms. The molecule has 1 atom stereocenters. The summed E-state index contributed by atoms with van der Waals surface area (Å²) in [6.07, 6.45) is 1.21. The molecule has 0 radical (unpaired) electrons. The lowest BCUT2D eigenvalue weighted by Gasteiger charge is -2.31. The molecule has 100 valence electrons. The number of anilines is 1. The molecule has 5 heteroatoms. The van der Waals surface area contributed by atoms with Crippen molar-refractivity contribution in [1.29, 1.82) is 0 Å². The number of primary amides is 1. The summed E-state index contributed by atoms with van der Waals surface area (Å²) in [5.41, 5.74) is 11.2. The number of benzene rings is 1. The normalized spacial score (nSPS) is 12.2. The van der Waals surface area contributed by atoms with Gasteiger partial charge in [0.1, 0.15) is 11.9 Å². The van der Waals surface area contributed by atoms with Gasteiger partial charge >= 0.3 is 0 Å². The zero-order valence-corrected chi connectivity index (χ0v) is 10.6. The topological polar surface area (TPSA) is 72.4 Å². The Morgan fingerprint density at radius 3 is 2.61 bits per heavy atom. The smallest absolute Gasteiger partial charge is 0.240 e. The lowest BCUT2D eigenvalue weighted by atomic mass is 10.1. The molecular weight excluding hydrogens is 233 g/mol. The number of carbonyl (C=O) groups is 1. The van der Waals surface area contributed by atoms with Crippen LogP contribution < -0.4 is 16.4 Å². The molecule has 0 saturated carbocycles. The Morgan fingerprint density at radius 1 is 1.44 bits per heavy atom. The first kappa shape index (κ1) is 14.4. The average molecular weight is 253 g/mol. The minimum atomic E-state index is -0.506. The van der Waals surface area contributed by atoms with Gasteiger partial charge in [-0.05, 0) is 31.5 Å². The Kier molecular flexibility index (Phi) is 5.58. The fourth-order valence-corrected chi connectivity index (χ4v) is 1.97. The number of rotatable bonds is 7. The van der Waals surface area contributed by atoms with Crippen molar-refractivity contribution in [3.8, 4) is 0 Å². The van der Waals surface area contributed by atoms with E-state index in [1.165, 1.54) is 6.07 Å². The van der Waals surface area contributed by atoms with Gasteiger partial charge in [-0.1, -0.05) is 19.1 Å². The molecule has 1 amide bonds. The summed E-state index contributed by atoms with van der Waals surface area (Å²) in [5, 5.41) is 0. The highest BCUT2D eigenvalue weighted by Crippen LogP contribution is 2.22. The molecule has 0 aliphatic heterocycles. The van der Waals surface area contributed by atoms with Crippen LogP contribution in [0.5, 0.6) is 0 Å². The molecule has 0 aliphatic rings. The van der Waals surface area contributed by atoms with E-state index in [1.807, 2.05) is 6.92 Å². The van der Waals surface area contributed by atoms with E-state index < -0.39 is 11.9 Å². The van der Waals surface area contributed by atoms with Crippen LogP contribution in [0.3, 0.4) is 0 Å². The minimum absolute atomic E-state index is 0.353. The third kappa shape index (κ3) is 3.43. The Balaban J connectivity index is 3.04. The van der Waals surface area contributed by atoms with Crippen LogP contribution in [-0.4, -0.2) is 25.0 Å². The Bertz CT molecular complexity index is 398. The number of amides is 1. The molecule has 4 N–H and O–H groups in total. The first-order chi connectivity index (χ1) is 8.61. The van der Waals surface area contributed by atoms with E-state index in [2.05, 4.69) is 0 Å². The SMILES string of the molecule is CCC(C(N)=O)N(CCCN)c1ccccc1F. The van der Waals surface area contributed by atoms with E-state index in [0.29, 0.717) is 31.6 Å². The maximum absolute atomic E-state index is 13.8. The van der Waals surface area contributed by atoms with Crippen LogP contribution in [0.2, 0.25) is 0 Å². The van der Waals surface area contributed by atoms with Crippen molar-refractivity contribution in [3.63, 3.8) is 0 Å². The van der Waals surface area contributed by atoms with Crippen molar-refractivity contribution >= 4 is 11.6 Å². The number of nitrogens with two attached hydrogens (primary N) is 2. The van der Waals surface area contributed by atoms with E-state index in [-0.39, 0.29) is 5.82 Å². The van der Waals surface area contributed by atoms with Crippen LogP contribution in [0.25, 0.3) is 0 Å². The van der Waals surface area contributed by atoms with E-state index >= 15 is 0 Å². The van der Waals surface area contributed by atoms with Crippen molar-refractivity contribution in [1.82, 2.24) is 0 Å². The van der Waals surface area contributed by atoms with Crippen molar-refractivity contribution in [2.75, 3.05) is 18.0 Å². The fourth-order valence-electron chi connectivity index (χ4n) is 1.97. The predicted molar refractivity (Wildman–Crippen MR) is 70.7 cm³/mol. The summed E-state index contributed by atoms with van der Waals surface area (Å²) >= 11 is 0. The van der Waals surface area contributed by atoms with Gasteiger partial charge in [0, 0.05) is 6.54 Å². The number of para-hydroxylation sites is 1. The lowest BCUT2D eigenvalue weighted by Crippen LogP contribution is -2.45. The molecular formula is C13H20FN3O. The van der Waals surface area contributed by atoms with E-state index in [1.54, 1.807) is 23.1 Å². The number of carbonyl (C=O) groups excluding carboxylic acids is 1. The third-order valence-corrected chi connectivity index (χ3v) is 2.86. The second-order valence-electron chi connectivity index (χ2n) is 4.11. The zero-order chi connectivity index (χ0) is 13.5. The van der Waals surface area contributed by atoms with Gasteiger partial charge in [-0.2, -0.15) is 0 Å². The van der Waals surface area contributed by atoms with Gasteiger partial charge in [-0.25, -0.2) is 4.39 Å². The van der Waals surface area contributed by atoms with E-state index in [9.17, 15) is 9.18 Å². The Hall–Kier alpha value is -1.62. The highest BCUT2D eigenvalue weighted by Gasteiger charge is 2.23. The molecule has 0 heterocycles. The molecule has 0 aromatic heterocycles. The number of nitrogens with zero attached hydrogens (tertiary/aromatic N) is 1. The zero-order valence-electron chi connectivity index (χ0n) is 10.6. The van der Waals surface area contributed by atoms with Gasteiger partial charge in [-0.15, -0.1) is 0 Å². The fraction of sp³-hybridized carbons (Fsp3) is 0.462. The monoisotopic (exact) mass is 253 g/mol. The van der Waals surface area contributed by atoms with Crippen LogP contribution in [0, 0.1) is 5.82 Å². The van der Waals surface area contributed by atoms with Gasteiger partial charge in [0.15, 0.2) is 0 Å². The quantitative estimate of drug-likeness (QED) is 0.768. The second-order valence-corrected chi connectivity index (χ2v) is 4.11. The van der Waals surface area contributed by atoms with Gasteiger partial charge in [0.2, 0.25) is 5.91 Å². The predicted octanol–water partition coefficient (Wildman–Crippen LogP) is 1.24. The van der Waals surface area contributed by atoms with E-state index in [0.717, 1.165) is 0 Å². The third-order valence-electron chi connectivity index (χ3n) is 2.86. The summed E-state index contributed by atoms with van der Waals surface area (Å²) in [5.74, 6) is -0.799. The van der Waals surface area contributed by atoms with Crippen LogP contribution in [-0.2, 0) is 4.79 Å². The largest absolute Gasteiger partial charge is 0.368 e. The lowest BCUT2D eigenvalue weighted by molar-refractivity contribution is -0.119. The molecule has 0 saturated heterocycles. The molecule has 0 spiro atoms. The van der Waals surface area contributed by atoms with Crippen molar-refractivity contribution in [2.24, 2.45) is 11.5 Å². The minimum Gasteiger partial charge on any atom is -0.368 e. The molecule has 1 aromatic carbocycles. The van der Waals surface area contributed by atoms with Crippen LogP contribution in [0.4, 0.5) is 10.1 Å². The van der Waals surface area contributed by atoms with Gasteiger partial charge < -0.3 is 16.4 Å². The average Bonchev–Trinajstić information content (AvgIpc) is 2.35. The van der Waals surface area contributed by atoms with Crippen LogP contribution >= 0.6 is 0 Å². The molecule has 1 aromatic rings. The molecule has 4 nitrogen and oxygen atoms in total. The molecule has 1 unspecified atom stereocenters. The summed E-state index contributed by atoms with van der Waals surface area (Å²) in [7, 11) is 0. The summed E-state index contributed by atoms with van der Waals surface area (Å²) in [6, 6.07) is 5.87. The first-order valence-corrected chi connectivity index (χ1v) is 6.12. The number of halogens is 1. The Labute approximate surface area is 107 Å². The van der Waals surface area contributed by atoms with Gasteiger partial charge in [0.05, 0.1) is 5.69 Å². The summed E-state index contributed by atoms with van der Waals surface area (Å²) < 4.78 is 13.8.